The number of carbonyl (C=O) groups excluding carboxylic acids is 1. The van der Waals surface area contributed by atoms with Crippen LogP contribution < -0.4 is 5.32 Å². The Bertz CT molecular complexity index is 277. The van der Waals surface area contributed by atoms with Crippen molar-refractivity contribution < 1.29 is 4.79 Å². The van der Waals surface area contributed by atoms with Crippen LogP contribution in [0.15, 0.2) is 30.3 Å². The minimum atomic E-state index is -0.0712. The second kappa shape index (κ2) is 2.97. The van der Waals surface area contributed by atoms with Gasteiger partial charge in [-0.05, 0) is 25.0 Å². The molecule has 0 bridgehead atoms. The van der Waals surface area contributed by atoms with Gasteiger partial charge in [0.05, 0.1) is 6.04 Å². The molecule has 1 amide bonds. The van der Waals surface area contributed by atoms with Gasteiger partial charge in [0.2, 0.25) is 0 Å². The number of rotatable bonds is 2. The van der Waals surface area contributed by atoms with Crippen molar-refractivity contribution in [2.75, 3.05) is 0 Å². The Labute approximate surface area is 71.6 Å². The summed E-state index contributed by atoms with van der Waals surface area (Å²) >= 11 is 0. The number of nitrogens with zero attached hydrogens (tertiary/aromatic N) is 1. The average Bonchev–Trinajstić information content (AvgIpc) is 2.90. The monoisotopic (exact) mass is 160 g/mol. The number of hydrogen-bond donors (Lipinski definition) is 0. The molecule has 61 valence electrons. The van der Waals surface area contributed by atoms with Crippen molar-refractivity contribution in [2.24, 2.45) is 0 Å². The summed E-state index contributed by atoms with van der Waals surface area (Å²) in [5.41, 5.74) is 0.699. The van der Waals surface area contributed by atoms with Crippen LogP contribution in [0, 0.1) is 0 Å². The first-order chi connectivity index (χ1) is 5.86. The quantitative estimate of drug-likeness (QED) is 0.646. The number of amides is 1. The van der Waals surface area contributed by atoms with Crippen LogP contribution in [0.2, 0.25) is 0 Å². The molecular weight excluding hydrogens is 150 g/mol. The minimum Gasteiger partial charge on any atom is -0.267 e. The predicted molar refractivity (Wildman–Crippen MR) is 45.9 cm³/mol. The zero-order chi connectivity index (χ0) is 8.39. The number of benzene rings is 1. The highest BCUT2D eigenvalue weighted by Gasteiger charge is 2.25. The van der Waals surface area contributed by atoms with Crippen molar-refractivity contribution in [3.05, 3.63) is 35.9 Å². The van der Waals surface area contributed by atoms with Crippen molar-refractivity contribution in [2.45, 2.75) is 18.9 Å². The van der Waals surface area contributed by atoms with E-state index in [9.17, 15) is 4.79 Å². The Kier molecular flexibility index (Phi) is 1.82. The highest BCUT2D eigenvalue weighted by atomic mass is 16.1. The fourth-order valence-corrected chi connectivity index (χ4v) is 1.02. The fourth-order valence-electron chi connectivity index (χ4n) is 1.02. The van der Waals surface area contributed by atoms with Gasteiger partial charge in [0.25, 0.3) is 5.91 Å². The zero-order valence-electron chi connectivity index (χ0n) is 6.73. The third-order valence-corrected chi connectivity index (χ3v) is 1.87. The lowest BCUT2D eigenvalue weighted by atomic mass is 10.2. The molecule has 1 radical (unpaired) electrons. The summed E-state index contributed by atoms with van der Waals surface area (Å²) in [7, 11) is 0. The largest absolute Gasteiger partial charge is 0.272 e. The average molecular weight is 160 g/mol. The third kappa shape index (κ3) is 1.64. The van der Waals surface area contributed by atoms with Crippen LogP contribution in [0.5, 0.6) is 0 Å². The molecule has 1 aromatic carbocycles. The van der Waals surface area contributed by atoms with Gasteiger partial charge in [0, 0.05) is 5.56 Å². The fraction of sp³-hybridized carbons (Fsp3) is 0.300. The molecule has 0 heterocycles. The second-order valence-electron chi connectivity index (χ2n) is 3.03. The lowest BCUT2D eigenvalue weighted by Crippen LogP contribution is -2.17. The van der Waals surface area contributed by atoms with Crippen molar-refractivity contribution in [1.82, 2.24) is 5.32 Å². The first-order valence-electron chi connectivity index (χ1n) is 4.16. The van der Waals surface area contributed by atoms with Gasteiger partial charge in [0.1, 0.15) is 0 Å². The molecule has 0 N–H and O–H groups in total. The van der Waals surface area contributed by atoms with Gasteiger partial charge in [-0.3, -0.25) is 4.79 Å². The lowest BCUT2D eigenvalue weighted by Gasteiger charge is -1.98. The topological polar surface area (TPSA) is 31.2 Å². The first kappa shape index (κ1) is 7.35. The van der Waals surface area contributed by atoms with Crippen molar-refractivity contribution in [3.63, 3.8) is 0 Å². The van der Waals surface area contributed by atoms with Crippen LogP contribution in [0.25, 0.3) is 0 Å². The highest BCUT2D eigenvalue weighted by molar-refractivity contribution is 5.94. The van der Waals surface area contributed by atoms with E-state index in [1.54, 1.807) is 12.1 Å². The molecule has 2 nitrogen and oxygen atoms in total. The minimum absolute atomic E-state index is 0.0712. The molecule has 12 heavy (non-hydrogen) atoms. The molecule has 1 fully saturated rings. The Hall–Kier alpha value is -1.31. The van der Waals surface area contributed by atoms with Gasteiger partial charge >= 0.3 is 0 Å². The van der Waals surface area contributed by atoms with E-state index in [0.717, 1.165) is 12.8 Å². The summed E-state index contributed by atoms with van der Waals surface area (Å²) < 4.78 is 0. The van der Waals surface area contributed by atoms with Crippen LogP contribution >= 0.6 is 0 Å². The smallest absolute Gasteiger partial charge is 0.267 e. The lowest BCUT2D eigenvalue weighted by molar-refractivity contribution is 0.0946. The Balaban J connectivity index is 2.03. The molecule has 0 saturated heterocycles. The van der Waals surface area contributed by atoms with Crippen LogP contribution in [0.3, 0.4) is 0 Å². The summed E-state index contributed by atoms with van der Waals surface area (Å²) in [6, 6.07) is 9.53. The van der Waals surface area contributed by atoms with E-state index >= 15 is 0 Å². The number of carbonyl (C=O) groups is 1. The van der Waals surface area contributed by atoms with Crippen molar-refractivity contribution >= 4 is 5.91 Å². The van der Waals surface area contributed by atoms with E-state index in [2.05, 4.69) is 5.32 Å². The van der Waals surface area contributed by atoms with Crippen LogP contribution in [-0.2, 0) is 0 Å². The van der Waals surface area contributed by atoms with E-state index in [4.69, 9.17) is 0 Å². The molecule has 0 aromatic heterocycles. The van der Waals surface area contributed by atoms with E-state index < -0.39 is 0 Å². The molecule has 0 spiro atoms. The molecule has 2 heteroatoms. The van der Waals surface area contributed by atoms with Gasteiger partial charge in [-0.1, -0.05) is 18.2 Å². The van der Waals surface area contributed by atoms with E-state index in [1.807, 2.05) is 18.2 Å². The summed E-state index contributed by atoms with van der Waals surface area (Å²) in [6.07, 6.45) is 2.16. The predicted octanol–water partition coefficient (Wildman–Crippen LogP) is 1.59. The molecule has 0 aliphatic heterocycles. The first-order valence-corrected chi connectivity index (χ1v) is 4.16. The molecule has 0 atom stereocenters. The number of hydrogen-bond acceptors (Lipinski definition) is 1. The van der Waals surface area contributed by atoms with E-state index in [0.29, 0.717) is 11.6 Å². The van der Waals surface area contributed by atoms with Crippen LogP contribution in [0.1, 0.15) is 23.2 Å². The maximum Gasteiger partial charge on any atom is 0.272 e. The molecule has 1 aliphatic carbocycles. The maximum atomic E-state index is 11.3. The van der Waals surface area contributed by atoms with E-state index in [1.165, 1.54) is 0 Å². The SMILES string of the molecule is O=C([N]C1CC1)c1ccccc1. The Morgan fingerprint density at radius 1 is 1.25 bits per heavy atom. The molecular formula is C10H10NO. The summed E-state index contributed by atoms with van der Waals surface area (Å²) in [5.74, 6) is -0.0712. The van der Waals surface area contributed by atoms with Crippen LogP contribution in [-0.4, -0.2) is 11.9 Å². The Morgan fingerprint density at radius 3 is 2.50 bits per heavy atom. The maximum absolute atomic E-state index is 11.3. The molecule has 0 unspecified atom stereocenters. The third-order valence-electron chi connectivity index (χ3n) is 1.87. The zero-order valence-corrected chi connectivity index (χ0v) is 6.73. The molecule has 1 aliphatic rings. The summed E-state index contributed by atoms with van der Waals surface area (Å²) in [5, 5.41) is 4.02. The van der Waals surface area contributed by atoms with Crippen LogP contribution in [0.4, 0.5) is 0 Å². The van der Waals surface area contributed by atoms with Gasteiger partial charge in [-0.25, -0.2) is 5.32 Å². The Morgan fingerprint density at radius 2 is 1.92 bits per heavy atom. The van der Waals surface area contributed by atoms with Gasteiger partial charge < -0.3 is 0 Å². The van der Waals surface area contributed by atoms with Gasteiger partial charge in [0.15, 0.2) is 0 Å². The molecule has 2 rings (SSSR count). The molecule has 1 saturated carbocycles. The van der Waals surface area contributed by atoms with Gasteiger partial charge in [-0.2, -0.15) is 0 Å². The summed E-state index contributed by atoms with van der Waals surface area (Å²) in [6.45, 7) is 0. The summed E-state index contributed by atoms with van der Waals surface area (Å²) in [4.78, 5) is 11.3. The normalized spacial score (nSPS) is 15.7. The standard InChI is InChI=1S/C10H10NO/c12-10(11-9-6-7-9)8-4-2-1-3-5-8/h1-5,9H,6-7H2. The second-order valence-corrected chi connectivity index (χ2v) is 3.03. The van der Waals surface area contributed by atoms with E-state index in [-0.39, 0.29) is 5.91 Å². The van der Waals surface area contributed by atoms with Crippen molar-refractivity contribution in [1.29, 1.82) is 0 Å². The molecule has 1 aromatic rings. The highest BCUT2D eigenvalue weighted by Crippen LogP contribution is 2.20. The van der Waals surface area contributed by atoms with Crippen molar-refractivity contribution in [3.8, 4) is 0 Å². The van der Waals surface area contributed by atoms with Gasteiger partial charge in [-0.15, -0.1) is 0 Å².